The molecule has 0 aliphatic rings. The average molecular weight is 342 g/mol. The molecule has 0 aromatic carbocycles. The van der Waals surface area contributed by atoms with Crippen molar-refractivity contribution in [3.63, 3.8) is 0 Å². The fraction of sp³-hybridized carbons (Fsp3) is 0.333. The summed E-state index contributed by atoms with van der Waals surface area (Å²) in [7, 11) is 0. The van der Waals surface area contributed by atoms with Crippen LogP contribution in [0.15, 0.2) is 12.3 Å². The van der Waals surface area contributed by atoms with Crippen molar-refractivity contribution in [3.8, 4) is 0 Å². The average Bonchev–Trinajstić information content (AvgIpc) is 2.97. The maximum absolute atomic E-state index is 12.3. The van der Waals surface area contributed by atoms with E-state index >= 15 is 0 Å². The van der Waals surface area contributed by atoms with Crippen LogP contribution in [-0.4, -0.2) is 32.2 Å². The van der Waals surface area contributed by atoms with E-state index in [9.17, 15) is 26.7 Å². The van der Waals surface area contributed by atoms with Crippen LogP contribution in [0.1, 0.15) is 11.4 Å². The number of alkyl halides is 5. The Hall–Kier alpha value is -2.31. The lowest BCUT2D eigenvalue weighted by atomic mass is 10.6. The topological polar surface area (TPSA) is 84.7 Å². The van der Waals surface area contributed by atoms with Gasteiger partial charge in [0.2, 0.25) is 5.13 Å². The minimum absolute atomic E-state index is 0.139. The molecule has 0 saturated heterocycles. The number of anilines is 2. The molecule has 0 saturated carbocycles. The third-order valence-electron chi connectivity index (χ3n) is 2.07. The SMILES string of the molecule is O=C(Nc1ccn(CC(F)(F)F)n1)Nc1nnc(C(F)F)s1. The van der Waals surface area contributed by atoms with Crippen LogP contribution in [0.25, 0.3) is 0 Å². The van der Waals surface area contributed by atoms with Crippen molar-refractivity contribution >= 4 is 28.3 Å². The molecular weight excluding hydrogens is 335 g/mol. The highest BCUT2D eigenvalue weighted by Gasteiger charge is 2.28. The molecule has 2 amide bonds. The molecule has 0 radical (unpaired) electrons. The Morgan fingerprint density at radius 3 is 2.64 bits per heavy atom. The summed E-state index contributed by atoms with van der Waals surface area (Å²) in [6, 6.07) is 0.255. The molecule has 0 aliphatic carbocycles. The summed E-state index contributed by atoms with van der Waals surface area (Å²) < 4.78 is 61.5. The minimum atomic E-state index is -4.44. The van der Waals surface area contributed by atoms with E-state index < -0.39 is 30.2 Å². The lowest BCUT2D eigenvalue weighted by molar-refractivity contribution is -0.142. The van der Waals surface area contributed by atoms with Crippen molar-refractivity contribution in [2.45, 2.75) is 19.1 Å². The van der Waals surface area contributed by atoms with Crippen LogP contribution in [-0.2, 0) is 6.54 Å². The number of aromatic nitrogens is 4. The van der Waals surface area contributed by atoms with Gasteiger partial charge in [-0.05, 0) is 0 Å². The third kappa shape index (κ3) is 4.61. The normalized spacial score (nSPS) is 11.7. The van der Waals surface area contributed by atoms with Crippen LogP contribution in [0.4, 0.5) is 37.7 Å². The van der Waals surface area contributed by atoms with Gasteiger partial charge < -0.3 is 0 Å². The maximum atomic E-state index is 12.3. The van der Waals surface area contributed by atoms with Crippen molar-refractivity contribution < 1.29 is 26.7 Å². The van der Waals surface area contributed by atoms with Gasteiger partial charge in [0.15, 0.2) is 10.8 Å². The zero-order valence-corrected chi connectivity index (χ0v) is 11.3. The molecule has 0 atom stereocenters. The Balaban J connectivity index is 1.91. The van der Waals surface area contributed by atoms with Crippen molar-refractivity contribution in [2.24, 2.45) is 0 Å². The first-order valence-electron chi connectivity index (χ1n) is 5.53. The number of rotatable bonds is 4. The lowest BCUT2D eigenvalue weighted by Gasteiger charge is -2.05. The molecule has 13 heteroatoms. The Bertz CT molecular complexity index is 653. The molecule has 120 valence electrons. The van der Waals surface area contributed by atoms with Gasteiger partial charge in [-0.2, -0.15) is 18.3 Å². The number of carbonyl (C=O) groups is 1. The van der Waals surface area contributed by atoms with Gasteiger partial charge in [-0.15, -0.1) is 10.2 Å². The van der Waals surface area contributed by atoms with E-state index in [1.165, 1.54) is 0 Å². The molecule has 2 aromatic rings. The molecule has 0 bridgehead atoms. The maximum Gasteiger partial charge on any atom is 0.408 e. The standard InChI is InChI=1S/C9H7F5N6OS/c10-5(11)6-17-18-8(22-6)16-7(21)15-4-1-2-20(19-4)3-9(12,13)14/h1-2,5H,3H2,(H2,15,16,18,19,21). The second-order valence-corrected chi connectivity index (χ2v) is 4.85. The van der Waals surface area contributed by atoms with Crippen molar-refractivity contribution in [3.05, 3.63) is 17.3 Å². The van der Waals surface area contributed by atoms with Crippen LogP contribution in [0.2, 0.25) is 0 Å². The summed E-state index contributed by atoms with van der Waals surface area (Å²) >= 11 is 0.474. The Morgan fingerprint density at radius 2 is 2.05 bits per heavy atom. The van der Waals surface area contributed by atoms with E-state index in [-0.39, 0.29) is 10.9 Å². The Kier molecular flexibility index (Phi) is 4.54. The monoisotopic (exact) mass is 342 g/mol. The van der Waals surface area contributed by atoms with Gasteiger partial charge in [0, 0.05) is 12.3 Å². The second-order valence-electron chi connectivity index (χ2n) is 3.84. The molecule has 2 aromatic heterocycles. The van der Waals surface area contributed by atoms with Crippen molar-refractivity contribution in [2.75, 3.05) is 10.6 Å². The summed E-state index contributed by atoms with van der Waals surface area (Å²) in [5.41, 5.74) is 0. The predicted molar refractivity (Wildman–Crippen MR) is 65.8 cm³/mol. The van der Waals surface area contributed by atoms with Gasteiger partial charge in [0.25, 0.3) is 6.43 Å². The van der Waals surface area contributed by atoms with Gasteiger partial charge in [0.1, 0.15) is 6.54 Å². The van der Waals surface area contributed by atoms with Gasteiger partial charge in [-0.3, -0.25) is 15.3 Å². The zero-order chi connectivity index (χ0) is 16.3. The van der Waals surface area contributed by atoms with Gasteiger partial charge in [-0.1, -0.05) is 11.3 Å². The summed E-state index contributed by atoms with van der Waals surface area (Å²) in [5.74, 6) is -0.139. The smallest absolute Gasteiger partial charge is 0.291 e. The molecule has 0 aliphatic heterocycles. The van der Waals surface area contributed by atoms with E-state index in [0.717, 1.165) is 12.3 Å². The quantitative estimate of drug-likeness (QED) is 0.837. The molecule has 2 N–H and O–H groups in total. The van der Waals surface area contributed by atoms with E-state index in [1.54, 1.807) is 0 Å². The highest BCUT2D eigenvalue weighted by Crippen LogP contribution is 2.25. The summed E-state index contributed by atoms with van der Waals surface area (Å²) in [6.07, 6.45) is -6.22. The molecule has 22 heavy (non-hydrogen) atoms. The Labute approximate surface area is 123 Å². The first-order valence-corrected chi connectivity index (χ1v) is 6.34. The van der Waals surface area contributed by atoms with E-state index in [0.29, 0.717) is 16.0 Å². The number of amides is 2. The predicted octanol–water partition coefficient (Wildman–Crippen LogP) is 2.88. The zero-order valence-electron chi connectivity index (χ0n) is 10.4. The van der Waals surface area contributed by atoms with Crippen LogP contribution in [0.5, 0.6) is 0 Å². The molecule has 0 unspecified atom stereocenters. The van der Waals surface area contributed by atoms with Gasteiger partial charge >= 0.3 is 12.2 Å². The molecular formula is C9H7F5N6OS. The number of nitrogens with zero attached hydrogens (tertiary/aromatic N) is 4. The third-order valence-corrected chi connectivity index (χ3v) is 2.92. The second kappa shape index (κ2) is 6.21. The summed E-state index contributed by atoms with van der Waals surface area (Å²) in [4.78, 5) is 11.5. The van der Waals surface area contributed by atoms with Crippen LogP contribution < -0.4 is 10.6 Å². The van der Waals surface area contributed by atoms with Crippen molar-refractivity contribution in [1.29, 1.82) is 0 Å². The highest BCUT2D eigenvalue weighted by atomic mass is 32.1. The number of hydrogen-bond acceptors (Lipinski definition) is 5. The molecule has 2 rings (SSSR count). The van der Waals surface area contributed by atoms with E-state index in [1.807, 2.05) is 0 Å². The Morgan fingerprint density at radius 1 is 1.32 bits per heavy atom. The lowest BCUT2D eigenvalue weighted by Crippen LogP contribution is -2.21. The summed E-state index contributed by atoms with van der Waals surface area (Å²) in [5, 5.41) is 13.5. The van der Waals surface area contributed by atoms with Crippen LogP contribution in [0, 0.1) is 0 Å². The fourth-order valence-electron chi connectivity index (χ4n) is 1.32. The first-order chi connectivity index (χ1) is 10.2. The first kappa shape index (κ1) is 16.1. The summed E-state index contributed by atoms with van der Waals surface area (Å²) in [6.45, 7) is -1.30. The van der Waals surface area contributed by atoms with E-state index in [2.05, 4.69) is 25.9 Å². The molecule has 7 nitrogen and oxygen atoms in total. The molecule has 0 spiro atoms. The van der Waals surface area contributed by atoms with Gasteiger partial charge in [0.05, 0.1) is 0 Å². The number of hydrogen-bond donors (Lipinski definition) is 2. The van der Waals surface area contributed by atoms with Gasteiger partial charge in [-0.25, -0.2) is 13.6 Å². The number of carbonyl (C=O) groups excluding carboxylic acids is 1. The number of halogens is 5. The minimum Gasteiger partial charge on any atom is -0.291 e. The number of nitrogens with one attached hydrogen (secondary N) is 2. The fourth-order valence-corrected chi connectivity index (χ4v) is 1.91. The van der Waals surface area contributed by atoms with Crippen molar-refractivity contribution in [1.82, 2.24) is 20.0 Å². The van der Waals surface area contributed by atoms with E-state index in [4.69, 9.17) is 0 Å². The van der Waals surface area contributed by atoms with Crippen LogP contribution >= 0.6 is 11.3 Å². The largest absolute Gasteiger partial charge is 0.408 e. The molecule has 0 fully saturated rings. The molecule has 2 heterocycles. The van der Waals surface area contributed by atoms with Crippen LogP contribution in [0.3, 0.4) is 0 Å². The number of urea groups is 1. The highest BCUT2D eigenvalue weighted by molar-refractivity contribution is 7.15.